The van der Waals surface area contributed by atoms with E-state index in [1.165, 1.54) is 18.4 Å². The molecule has 4 aromatic rings. The number of nitriles is 1. The van der Waals surface area contributed by atoms with E-state index in [-0.39, 0.29) is 0 Å². The van der Waals surface area contributed by atoms with Gasteiger partial charge < -0.3 is 10.5 Å². The summed E-state index contributed by atoms with van der Waals surface area (Å²) in [4.78, 5) is 20.1. The van der Waals surface area contributed by atoms with E-state index in [4.69, 9.17) is 38.9 Å². The Labute approximate surface area is 174 Å². The lowest BCUT2D eigenvalue weighted by molar-refractivity contribution is 0.0997. The SMILES string of the molecule is COc1cc2nccc(Cl)c2cc1C(N)=O.N#Cc1cc2nccc(Cl)c2s1. The van der Waals surface area contributed by atoms with E-state index >= 15 is 0 Å². The molecule has 0 saturated carbocycles. The quantitative estimate of drug-likeness (QED) is 0.491. The number of primary amides is 1. The maximum atomic E-state index is 11.2. The number of fused-ring (bicyclic) bond motifs is 2. The molecule has 0 atom stereocenters. The zero-order valence-corrected chi connectivity index (χ0v) is 16.8. The van der Waals surface area contributed by atoms with Gasteiger partial charge in [0.05, 0.1) is 38.5 Å². The third-order valence-electron chi connectivity index (χ3n) is 3.75. The van der Waals surface area contributed by atoms with E-state index in [9.17, 15) is 4.79 Å². The van der Waals surface area contributed by atoms with Crippen LogP contribution in [0.3, 0.4) is 0 Å². The van der Waals surface area contributed by atoms with Gasteiger partial charge in [-0.05, 0) is 24.3 Å². The molecule has 0 saturated heterocycles. The highest BCUT2D eigenvalue weighted by Crippen LogP contribution is 2.30. The first-order chi connectivity index (χ1) is 13.4. The fourth-order valence-corrected chi connectivity index (χ4v) is 3.76. The fraction of sp³-hybridized carbons (Fsp3) is 0.0526. The third kappa shape index (κ3) is 3.99. The number of benzene rings is 1. The van der Waals surface area contributed by atoms with Gasteiger partial charge in [-0.3, -0.25) is 14.8 Å². The van der Waals surface area contributed by atoms with E-state index in [2.05, 4.69) is 16.0 Å². The van der Waals surface area contributed by atoms with Crippen LogP contribution in [-0.4, -0.2) is 23.0 Å². The Hall–Kier alpha value is -2.92. The van der Waals surface area contributed by atoms with E-state index in [0.717, 1.165) is 10.2 Å². The number of methoxy groups -OCH3 is 1. The molecule has 4 rings (SSSR count). The number of nitrogens with two attached hydrogens (primary N) is 1. The van der Waals surface area contributed by atoms with E-state index in [0.29, 0.717) is 37.1 Å². The Morgan fingerprint density at radius 2 is 1.82 bits per heavy atom. The highest BCUT2D eigenvalue weighted by molar-refractivity contribution is 7.20. The van der Waals surface area contributed by atoms with Crippen molar-refractivity contribution in [2.24, 2.45) is 5.73 Å². The number of hydrogen-bond acceptors (Lipinski definition) is 6. The van der Waals surface area contributed by atoms with Crippen molar-refractivity contribution in [2.75, 3.05) is 7.11 Å². The van der Waals surface area contributed by atoms with Crippen LogP contribution in [0, 0.1) is 11.3 Å². The molecule has 0 fully saturated rings. The summed E-state index contributed by atoms with van der Waals surface area (Å²) in [6.45, 7) is 0. The standard InChI is InChI=1S/C11H9ClN2O2.C8H3ClN2S/c1-16-10-5-9-6(4-7(10)11(13)15)8(12)2-3-14-9;9-6-1-2-11-7-3-5(4-10)12-8(6)7/h2-5H,1H3,(H2,13,15);1-3H. The Kier molecular flexibility index (Phi) is 5.95. The Morgan fingerprint density at radius 3 is 2.43 bits per heavy atom. The van der Waals surface area contributed by atoms with Gasteiger partial charge in [-0.2, -0.15) is 5.26 Å². The van der Waals surface area contributed by atoms with Gasteiger partial charge in [0.1, 0.15) is 16.7 Å². The minimum Gasteiger partial charge on any atom is -0.496 e. The predicted molar refractivity (Wildman–Crippen MR) is 111 cm³/mol. The summed E-state index contributed by atoms with van der Waals surface area (Å²) < 4.78 is 5.96. The lowest BCUT2D eigenvalue weighted by Gasteiger charge is -2.07. The smallest absolute Gasteiger partial charge is 0.252 e. The maximum absolute atomic E-state index is 11.2. The van der Waals surface area contributed by atoms with Gasteiger partial charge >= 0.3 is 0 Å². The third-order valence-corrected chi connectivity index (χ3v) is 5.57. The molecule has 3 heterocycles. The fourth-order valence-electron chi connectivity index (χ4n) is 2.46. The molecule has 0 aliphatic heterocycles. The van der Waals surface area contributed by atoms with Gasteiger partial charge in [-0.15, -0.1) is 11.3 Å². The number of ether oxygens (including phenoxy) is 1. The zero-order valence-electron chi connectivity index (χ0n) is 14.4. The Balaban J connectivity index is 0.000000167. The van der Waals surface area contributed by atoms with E-state index in [1.54, 1.807) is 42.7 Å². The summed E-state index contributed by atoms with van der Waals surface area (Å²) in [6, 6.07) is 10.4. The average Bonchev–Trinajstić information content (AvgIpc) is 3.12. The molecular formula is C19H12Cl2N4O2S. The van der Waals surface area contributed by atoms with E-state index < -0.39 is 5.91 Å². The van der Waals surface area contributed by atoms with Gasteiger partial charge in [0.2, 0.25) is 0 Å². The molecule has 9 heteroatoms. The monoisotopic (exact) mass is 430 g/mol. The molecule has 3 aromatic heterocycles. The number of carbonyl (C=O) groups is 1. The molecule has 140 valence electrons. The van der Waals surface area contributed by atoms with Crippen molar-refractivity contribution >= 4 is 61.6 Å². The van der Waals surface area contributed by atoms with Crippen LogP contribution in [0.1, 0.15) is 15.2 Å². The minimum absolute atomic E-state index is 0.296. The molecule has 28 heavy (non-hydrogen) atoms. The average molecular weight is 431 g/mol. The molecule has 1 amide bonds. The number of thiophene rings is 1. The topological polar surface area (TPSA) is 102 Å². The summed E-state index contributed by atoms with van der Waals surface area (Å²) in [5.41, 5.74) is 7.00. The molecule has 6 nitrogen and oxygen atoms in total. The van der Waals surface area contributed by atoms with Crippen LogP contribution in [0.4, 0.5) is 0 Å². The van der Waals surface area contributed by atoms with Crippen LogP contribution < -0.4 is 10.5 Å². The second kappa shape index (κ2) is 8.40. The van der Waals surface area contributed by atoms with Gasteiger partial charge in [0.15, 0.2) is 0 Å². The van der Waals surface area contributed by atoms with Crippen LogP contribution in [0.5, 0.6) is 5.75 Å². The van der Waals surface area contributed by atoms with Crippen LogP contribution in [-0.2, 0) is 0 Å². The number of amides is 1. The molecule has 1 aromatic carbocycles. The number of pyridine rings is 2. The highest BCUT2D eigenvalue weighted by atomic mass is 35.5. The molecule has 0 bridgehead atoms. The van der Waals surface area contributed by atoms with Gasteiger partial charge in [0.25, 0.3) is 5.91 Å². The highest BCUT2D eigenvalue weighted by Gasteiger charge is 2.12. The first-order valence-electron chi connectivity index (χ1n) is 7.80. The molecule has 0 aliphatic rings. The van der Waals surface area contributed by atoms with Gasteiger partial charge in [-0.25, -0.2) is 0 Å². The molecule has 0 aliphatic carbocycles. The number of nitrogens with zero attached hydrogens (tertiary/aromatic N) is 3. The number of hydrogen-bond donors (Lipinski definition) is 1. The van der Waals surface area contributed by atoms with Crippen LogP contribution >= 0.6 is 34.5 Å². The molecular weight excluding hydrogens is 419 g/mol. The summed E-state index contributed by atoms with van der Waals surface area (Å²) in [5, 5.41) is 10.5. The lowest BCUT2D eigenvalue weighted by atomic mass is 10.1. The largest absolute Gasteiger partial charge is 0.496 e. The second-order valence-electron chi connectivity index (χ2n) is 5.46. The molecule has 0 unspecified atom stereocenters. The number of halogens is 2. The number of rotatable bonds is 2. The Morgan fingerprint density at radius 1 is 1.14 bits per heavy atom. The first-order valence-corrected chi connectivity index (χ1v) is 9.38. The summed E-state index contributed by atoms with van der Waals surface area (Å²) >= 11 is 13.3. The minimum atomic E-state index is -0.557. The molecule has 0 radical (unpaired) electrons. The van der Waals surface area contributed by atoms with Crippen molar-refractivity contribution in [3.63, 3.8) is 0 Å². The summed E-state index contributed by atoms with van der Waals surface area (Å²) in [7, 11) is 1.47. The van der Waals surface area contributed by atoms with Crippen molar-refractivity contribution < 1.29 is 9.53 Å². The van der Waals surface area contributed by atoms with Crippen molar-refractivity contribution in [3.05, 3.63) is 63.2 Å². The van der Waals surface area contributed by atoms with Crippen molar-refractivity contribution in [1.29, 1.82) is 5.26 Å². The van der Waals surface area contributed by atoms with Gasteiger partial charge in [-0.1, -0.05) is 23.2 Å². The van der Waals surface area contributed by atoms with Crippen molar-refractivity contribution in [3.8, 4) is 11.8 Å². The summed E-state index contributed by atoms with van der Waals surface area (Å²) in [6.07, 6.45) is 3.23. The molecule has 2 N–H and O–H groups in total. The van der Waals surface area contributed by atoms with Gasteiger partial charge in [0, 0.05) is 23.8 Å². The predicted octanol–water partition coefficient (Wildman–Crippen LogP) is 4.82. The van der Waals surface area contributed by atoms with Crippen LogP contribution in [0.15, 0.2) is 42.7 Å². The first kappa shape index (κ1) is 19.8. The molecule has 0 spiro atoms. The Bertz CT molecular complexity index is 1230. The van der Waals surface area contributed by atoms with E-state index in [1.807, 2.05) is 0 Å². The lowest BCUT2D eigenvalue weighted by Crippen LogP contribution is -2.12. The second-order valence-corrected chi connectivity index (χ2v) is 7.32. The maximum Gasteiger partial charge on any atom is 0.252 e. The number of aromatic nitrogens is 2. The number of carbonyl (C=O) groups excluding carboxylic acids is 1. The van der Waals surface area contributed by atoms with Crippen molar-refractivity contribution in [1.82, 2.24) is 9.97 Å². The van der Waals surface area contributed by atoms with Crippen LogP contribution in [0.25, 0.3) is 21.1 Å². The summed E-state index contributed by atoms with van der Waals surface area (Å²) in [5.74, 6) is -0.159. The normalized spacial score (nSPS) is 10.2. The van der Waals surface area contributed by atoms with Crippen LogP contribution in [0.2, 0.25) is 10.0 Å². The van der Waals surface area contributed by atoms with Crippen molar-refractivity contribution in [2.45, 2.75) is 0 Å². The zero-order chi connectivity index (χ0) is 20.3.